The van der Waals surface area contributed by atoms with E-state index < -0.39 is 0 Å². The van der Waals surface area contributed by atoms with Crippen LogP contribution in [0.1, 0.15) is 36.0 Å². The zero-order valence-corrected chi connectivity index (χ0v) is 9.50. The Bertz CT molecular complexity index is 414. The van der Waals surface area contributed by atoms with Crippen LogP contribution in [0, 0.1) is 0 Å². The highest BCUT2D eigenvalue weighted by atomic mass is 16.5. The quantitative estimate of drug-likeness (QED) is 0.485. The molecule has 1 fully saturated rings. The molecule has 4 heteroatoms. The van der Waals surface area contributed by atoms with Gasteiger partial charge in [0.1, 0.15) is 6.10 Å². The lowest BCUT2D eigenvalue weighted by Gasteiger charge is -2.22. The number of benzene rings is 1. The normalized spacial score (nSPS) is 22.4. The fourth-order valence-electron chi connectivity index (χ4n) is 1.98. The zero-order chi connectivity index (χ0) is 12.1. The minimum absolute atomic E-state index is 0.362. The number of oxime groups is 1. The zero-order valence-electron chi connectivity index (χ0n) is 9.50. The Hall–Kier alpha value is -1.84. The van der Waals surface area contributed by atoms with E-state index in [4.69, 9.17) is 9.94 Å². The van der Waals surface area contributed by atoms with Gasteiger partial charge in [-0.25, -0.2) is 4.79 Å². The molecule has 1 aromatic rings. The fraction of sp³-hybridized carbons (Fsp3) is 0.385. The lowest BCUT2D eigenvalue weighted by molar-refractivity contribution is 0.0389. The van der Waals surface area contributed by atoms with E-state index in [0.717, 1.165) is 19.3 Å². The van der Waals surface area contributed by atoms with Gasteiger partial charge in [0.25, 0.3) is 0 Å². The van der Waals surface area contributed by atoms with Gasteiger partial charge in [-0.15, -0.1) is 0 Å². The van der Waals surface area contributed by atoms with Crippen molar-refractivity contribution in [2.45, 2.75) is 31.8 Å². The van der Waals surface area contributed by atoms with Crippen LogP contribution >= 0.6 is 0 Å². The predicted octanol–water partition coefficient (Wildman–Crippen LogP) is 2.62. The first-order valence-corrected chi connectivity index (χ1v) is 5.78. The van der Waals surface area contributed by atoms with Crippen LogP contribution in [-0.2, 0) is 4.74 Å². The molecule has 4 nitrogen and oxygen atoms in total. The highest BCUT2D eigenvalue weighted by molar-refractivity contribution is 5.94. The van der Waals surface area contributed by atoms with Crippen molar-refractivity contribution in [1.82, 2.24) is 0 Å². The van der Waals surface area contributed by atoms with Crippen molar-refractivity contribution in [3.05, 3.63) is 35.9 Å². The Kier molecular flexibility index (Phi) is 3.75. The molecule has 0 bridgehead atoms. The molecular formula is C13H15NO3. The molecule has 0 heterocycles. The van der Waals surface area contributed by atoms with E-state index in [1.165, 1.54) is 0 Å². The molecular weight excluding hydrogens is 218 g/mol. The van der Waals surface area contributed by atoms with Gasteiger partial charge < -0.3 is 9.94 Å². The van der Waals surface area contributed by atoms with Crippen molar-refractivity contribution in [2.24, 2.45) is 5.16 Å². The summed E-state index contributed by atoms with van der Waals surface area (Å²) in [5.74, 6) is -0.362. The van der Waals surface area contributed by atoms with Gasteiger partial charge in [-0.3, -0.25) is 0 Å². The smallest absolute Gasteiger partial charge is 0.338 e. The summed E-state index contributed by atoms with van der Waals surface area (Å²) in [7, 11) is 0. The van der Waals surface area contributed by atoms with Crippen LogP contribution in [0.15, 0.2) is 35.5 Å². The minimum Gasteiger partial charge on any atom is -0.452 e. The number of nitrogens with zero attached hydrogens (tertiary/aromatic N) is 1. The monoisotopic (exact) mass is 233 g/mol. The van der Waals surface area contributed by atoms with Crippen LogP contribution in [-0.4, -0.2) is 23.0 Å². The number of hydrogen-bond donors (Lipinski definition) is 1. The molecule has 1 aliphatic carbocycles. The van der Waals surface area contributed by atoms with Crippen molar-refractivity contribution >= 4 is 11.7 Å². The van der Waals surface area contributed by atoms with Gasteiger partial charge in [-0.2, -0.15) is 0 Å². The lowest BCUT2D eigenvalue weighted by Crippen LogP contribution is -2.30. The second-order valence-corrected chi connectivity index (χ2v) is 4.10. The summed E-state index contributed by atoms with van der Waals surface area (Å²) >= 11 is 0. The van der Waals surface area contributed by atoms with Gasteiger partial charge in [0, 0.05) is 0 Å². The van der Waals surface area contributed by atoms with Crippen molar-refractivity contribution < 1.29 is 14.7 Å². The minimum atomic E-state index is -0.374. The van der Waals surface area contributed by atoms with Gasteiger partial charge >= 0.3 is 5.97 Å². The van der Waals surface area contributed by atoms with Crippen molar-refractivity contribution in [3.63, 3.8) is 0 Å². The van der Waals surface area contributed by atoms with Gasteiger partial charge in [0.15, 0.2) is 0 Å². The van der Waals surface area contributed by atoms with Crippen LogP contribution in [0.2, 0.25) is 0 Å². The standard InChI is InChI=1S/C13H15NO3/c15-13(10-6-2-1-3-7-10)17-12-9-5-4-8-11(12)14-16/h1-3,6-7,12,16H,4-5,8-9H2/b14-11+. The molecule has 0 aromatic heterocycles. The topological polar surface area (TPSA) is 58.9 Å². The van der Waals surface area contributed by atoms with Crippen LogP contribution in [0.25, 0.3) is 0 Å². The van der Waals surface area contributed by atoms with Crippen LogP contribution in [0.3, 0.4) is 0 Å². The number of ether oxygens (including phenoxy) is 1. The molecule has 1 atom stereocenters. The Labute approximate surface area is 99.9 Å². The number of carbonyl (C=O) groups is 1. The van der Waals surface area contributed by atoms with E-state index in [0.29, 0.717) is 17.7 Å². The summed E-state index contributed by atoms with van der Waals surface area (Å²) in [6.45, 7) is 0. The van der Waals surface area contributed by atoms with Crippen LogP contribution < -0.4 is 0 Å². The first-order chi connectivity index (χ1) is 8.31. The summed E-state index contributed by atoms with van der Waals surface area (Å²) in [6, 6.07) is 8.84. The fourth-order valence-corrected chi connectivity index (χ4v) is 1.98. The predicted molar refractivity (Wildman–Crippen MR) is 63.3 cm³/mol. The maximum atomic E-state index is 11.8. The summed E-state index contributed by atoms with van der Waals surface area (Å²) in [6.07, 6.45) is 3.03. The largest absolute Gasteiger partial charge is 0.452 e. The Morgan fingerprint density at radius 3 is 2.76 bits per heavy atom. The van der Waals surface area contributed by atoms with Gasteiger partial charge in [-0.05, 0) is 37.8 Å². The van der Waals surface area contributed by atoms with E-state index in [9.17, 15) is 4.79 Å². The average molecular weight is 233 g/mol. The molecule has 2 rings (SSSR count). The number of esters is 1. The average Bonchev–Trinajstić information content (AvgIpc) is 2.40. The van der Waals surface area contributed by atoms with Crippen LogP contribution in [0.4, 0.5) is 0 Å². The number of rotatable bonds is 2. The molecule has 1 aliphatic rings. The second-order valence-electron chi connectivity index (χ2n) is 4.10. The van der Waals surface area contributed by atoms with Gasteiger partial charge in [0.2, 0.25) is 0 Å². The third kappa shape index (κ3) is 2.84. The molecule has 90 valence electrons. The summed E-state index contributed by atoms with van der Waals surface area (Å²) in [4.78, 5) is 11.8. The highest BCUT2D eigenvalue weighted by Crippen LogP contribution is 2.19. The van der Waals surface area contributed by atoms with Crippen molar-refractivity contribution in [2.75, 3.05) is 0 Å². The maximum Gasteiger partial charge on any atom is 0.338 e. The van der Waals surface area contributed by atoms with Gasteiger partial charge in [-0.1, -0.05) is 23.4 Å². The lowest BCUT2D eigenvalue weighted by atomic mass is 9.95. The van der Waals surface area contributed by atoms with E-state index in [2.05, 4.69) is 5.16 Å². The van der Waals surface area contributed by atoms with E-state index >= 15 is 0 Å². The first kappa shape index (κ1) is 11.6. The molecule has 0 radical (unpaired) electrons. The molecule has 1 N–H and O–H groups in total. The Morgan fingerprint density at radius 1 is 1.29 bits per heavy atom. The number of carbonyl (C=O) groups excluding carboxylic acids is 1. The molecule has 0 aliphatic heterocycles. The third-order valence-electron chi connectivity index (χ3n) is 2.91. The molecule has 1 unspecified atom stereocenters. The molecule has 0 spiro atoms. The maximum absolute atomic E-state index is 11.8. The Balaban J connectivity index is 2.03. The first-order valence-electron chi connectivity index (χ1n) is 5.78. The van der Waals surface area contributed by atoms with Crippen LogP contribution in [0.5, 0.6) is 0 Å². The summed E-state index contributed by atoms with van der Waals surface area (Å²) < 4.78 is 5.35. The SMILES string of the molecule is O=C(OC1CCCC/C1=N\O)c1ccccc1. The van der Waals surface area contributed by atoms with E-state index in [-0.39, 0.29) is 12.1 Å². The molecule has 1 aromatic carbocycles. The van der Waals surface area contributed by atoms with Crippen molar-refractivity contribution in [1.29, 1.82) is 0 Å². The Morgan fingerprint density at radius 2 is 2.06 bits per heavy atom. The molecule has 17 heavy (non-hydrogen) atoms. The van der Waals surface area contributed by atoms with E-state index in [1.807, 2.05) is 6.07 Å². The van der Waals surface area contributed by atoms with Crippen molar-refractivity contribution in [3.8, 4) is 0 Å². The van der Waals surface area contributed by atoms with E-state index in [1.54, 1.807) is 24.3 Å². The summed E-state index contributed by atoms with van der Waals surface area (Å²) in [5.41, 5.74) is 1.09. The highest BCUT2D eigenvalue weighted by Gasteiger charge is 2.25. The second kappa shape index (κ2) is 5.48. The molecule has 1 saturated carbocycles. The molecule has 0 saturated heterocycles. The third-order valence-corrected chi connectivity index (χ3v) is 2.91. The summed E-state index contributed by atoms with van der Waals surface area (Å²) in [5, 5.41) is 12.1. The van der Waals surface area contributed by atoms with Gasteiger partial charge in [0.05, 0.1) is 11.3 Å². The number of hydrogen-bond acceptors (Lipinski definition) is 4. The molecule has 0 amide bonds.